The quantitative estimate of drug-likeness (QED) is 0.166. The first-order chi connectivity index (χ1) is 27.6. The van der Waals surface area contributed by atoms with E-state index in [1.54, 1.807) is 0 Å². The molecule has 1 fully saturated rings. The Morgan fingerprint density at radius 2 is 0.807 bits per heavy atom. The van der Waals surface area contributed by atoms with E-state index in [2.05, 4.69) is 129 Å². The van der Waals surface area contributed by atoms with Crippen molar-refractivity contribution in [2.75, 3.05) is 0 Å². The van der Waals surface area contributed by atoms with Crippen LogP contribution >= 0.6 is 15.9 Å². The number of rotatable bonds is 3. The van der Waals surface area contributed by atoms with Crippen LogP contribution in [0.1, 0.15) is 49.9 Å². The maximum atomic E-state index is 6.40. The molecule has 1 aliphatic carbocycles. The van der Waals surface area contributed by atoms with Crippen LogP contribution in [-0.4, -0.2) is 18.3 Å². The van der Waals surface area contributed by atoms with E-state index in [1.165, 1.54) is 22.3 Å². The highest BCUT2D eigenvalue weighted by molar-refractivity contribution is 9.10. The Labute approximate surface area is 341 Å². The summed E-state index contributed by atoms with van der Waals surface area (Å²) < 4.78 is 37.7. The second-order valence-corrected chi connectivity index (χ2v) is 16.5. The van der Waals surface area contributed by atoms with Crippen LogP contribution in [0.5, 0.6) is 46.0 Å². The van der Waals surface area contributed by atoms with Gasteiger partial charge >= 0.3 is 7.12 Å². The minimum Gasteiger partial charge on any atom is -0.450 e. The first-order valence-electron chi connectivity index (χ1n) is 19.1. The van der Waals surface area contributed by atoms with Crippen molar-refractivity contribution in [3.05, 3.63) is 184 Å². The zero-order valence-electron chi connectivity index (χ0n) is 31.9. The molecule has 280 valence electrons. The summed E-state index contributed by atoms with van der Waals surface area (Å²) in [6, 6.07) is 53.7. The Hall–Kier alpha value is -5.80. The number of fused-ring (bicyclic) bond motifs is 7. The third-order valence-corrected chi connectivity index (χ3v) is 12.2. The van der Waals surface area contributed by atoms with Gasteiger partial charge in [-0.1, -0.05) is 119 Å². The second kappa shape index (κ2) is 13.4. The van der Waals surface area contributed by atoms with Crippen molar-refractivity contribution in [2.24, 2.45) is 0 Å². The van der Waals surface area contributed by atoms with Gasteiger partial charge in [-0.05, 0) is 121 Å². The zero-order valence-corrected chi connectivity index (χ0v) is 33.5. The van der Waals surface area contributed by atoms with Gasteiger partial charge < -0.3 is 28.3 Å². The summed E-state index contributed by atoms with van der Waals surface area (Å²) >= 11 is 3.39. The van der Waals surface area contributed by atoms with Gasteiger partial charge in [0.2, 0.25) is 0 Å². The summed E-state index contributed by atoms with van der Waals surface area (Å²) in [4.78, 5) is 0. The normalized spacial score (nSPS) is 16.6. The highest BCUT2D eigenvalue weighted by Gasteiger charge is 2.52. The maximum Gasteiger partial charge on any atom is 0.494 e. The molecule has 6 nitrogen and oxygen atoms in total. The second-order valence-electron chi connectivity index (χ2n) is 15.6. The SMILES string of the molecule is Brc1ccc2c(c1)Oc1ccccc1O2.CC1(C)OB(c2ccc(C3(c4ccc5c(c4)Oc4ccccc4O5)c4ccccc4-c4ccccc43)cc2)OC1(C)C. The minimum absolute atomic E-state index is 0.398. The smallest absolute Gasteiger partial charge is 0.450 e. The number of ether oxygens (including phenoxy) is 4. The number of para-hydroxylation sites is 4. The van der Waals surface area contributed by atoms with Gasteiger partial charge in [-0.3, -0.25) is 0 Å². The van der Waals surface area contributed by atoms with Crippen molar-refractivity contribution < 1.29 is 28.3 Å². The van der Waals surface area contributed by atoms with Crippen LogP contribution in [0, 0.1) is 0 Å². The van der Waals surface area contributed by atoms with Crippen molar-refractivity contribution in [1.29, 1.82) is 0 Å². The van der Waals surface area contributed by atoms with Crippen LogP contribution in [0.15, 0.2) is 162 Å². The molecule has 4 aliphatic rings. The molecule has 3 aliphatic heterocycles. The Balaban J connectivity index is 0.000000220. The molecule has 3 heterocycles. The molecule has 0 saturated carbocycles. The third kappa shape index (κ3) is 5.85. The van der Waals surface area contributed by atoms with Crippen LogP contribution in [-0.2, 0) is 14.7 Å². The highest BCUT2D eigenvalue weighted by Crippen LogP contribution is 2.57. The lowest BCUT2D eigenvalue weighted by Gasteiger charge is -2.34. The number of hydrogen-bond donors (Lipinski definition) is 0. The molecule has 0 atom stereocenters. The van der Waals surface area contributed by atoms with Crippen LogP contribution in [0.3, 0.4) is 0 Å². The molecule has 11 rings (SSSR count). The Morgan fingerprint density at radius 1 is 0.404 bits per heavy atom. The molecule has 0 unspecified atom stereocenters. The monoisotopic (exact) mass is 812 g/mol. The summed E-state index contributed by atoms with van der Waals surface area (Å²) in [6.07, 6.45) is 0. The Kier molecular flexibility index (Phi) is 8.38. The van der Waals surface area contributed by atoms with E-state index in [-0.39, 0.29) is 0 Å². The Morgan fingerprint density at radius 3 is 1.33 bits per heavy atom. The lowest BCUT2D eigenvalue weighted by Crippen LogP contribution is -2.41. The molecule has 7 aromatic rings. The van der Waals surface area contributed by atoms with Gasteiger partial charge in [0.15, 0.2) is 46.0 Å². The molecule has 0 amide bonds. The number of hydrogen-bond acceptors (Lipinski definition) is 6. The van der Waals surface area contributed by atoms with Crippen LogP contribution in [0.2, 0.25) is 0 Å². The number of halogens is 1. The standard InChI is InChI=1S/C37H31BO4.C12H7BrO2/c1-35(2)36(3,4)42-38(41-35)26-20-17-24(18-21-26)37(29-13-7-5-11-27(29)28-12-6-8-14-30(28)37)25-19-22-33-34(23-25)40-32-16-10-9-15-31(32)39-33;13-8-5-6-11-12(7-8)15-10-4-2-1-3-9(10)14-11/h5-23H,1-4H3;1-7H. The van der Waals surface area contributed by atoms with E-state index in [0.29, 0.717) is 11.5 Å². The third-order valence-electron chi connectivity index (χ3n) is 11.7. The summed E-state index contributed by atoms with van der Waals surface area (Å²) in [5, 5.41) is 0. The number of benzene rings is 7. The predicted octanol–water partition coefficient (Wildman–Crippen LogP) is 12.6. The van der Waals surface area contributed by atoms with Crippen molar-refractivity contribution in [1.82, 2.24) is 0 Å². The van der Waals surface area contributed by atoms with Crippen LogP contribution < -0.4 is 24.4 Å². The lowest BCUT2D eigenvalue weighted by molar-refractivity contribution is 0.00578. The van der Waals surface area contributed by atoms with Gasteiger partial charge in [0.05, 0.1) is 16.6 Å². The van der Waals surface area contributed by atoms with E-state index in [1.807, 2.05) is 72.8 Å². The molecule has 1 saturated heterocycles. The molecule has 0 radical (unpaired) electrons. The molecule has 0 aromatic heterocycles. The zero-order chi connectivity index (χ0) is 38.9. The molecule has 0 spiro atoms. The van der Waals surface area contributed by atoms with Crippen molar-refractivity contribution >= 4 is 28.5 Å². The van der Waals surface area contributed by atoms with Gasteiger partial charge in [-0.15, -0.1) is 0 Å². The largest absolute Gasteiger partial charge is 0.494 e. The van der Waals surface area contributed by atoms with Crippen LogP contribution in [0.25, 0.3) is 11.1 Å². The predicted molar refractivity (Wildman–Crippen MR) is 227 cm³/mol. The van der Waals surface area contributed by atoms with Crippen molar-refractivity contribution in [2.45, 2.75) is 44.3 Å². The van der Waals surface area contributed by atoms with E-state index in [4.69, 9.17) is 28.3 Å². The summed E-state index contributed by atoms with van der Waals surface area (Å²) in [5.74, 6) is 5.86. The van der Waals surface area contributed by atoms with Crippen molar-refractivity contribution in [3.63, 3.8) is 0 Å². The molecule has 57 heavy (non-hydrogen) atoms. The van der Waals surface area contributed by atoms with E-state index in [0.717, 1.165) is 55.6 Å². The molecule has 0 N–H and O–H groups in total. The molecule has 8 heteroatoms. The summed E-state index contributed by atoms with van der Waals surface area (Å²) in [5.41, 5.74) is 6.89. The topological polar surface area (TPSA) is 55.4 Å². The molecule has 0 bridgehead atoms. The van der Waals surface area contributed by atoms with Crippen LogP contribution in [0.4, 0.5) is 0 Å². The van der Waals surface area contributed by atoms with E-state index >= 15 is 0 Å². The maximum absolute atomic E-state index is 6.40. The molecular formula is C49H38BBrO6. The summed E-state index contributed by atoms with van der Waals surface area (Å²) in [7, 11) is -0.419. The average Bonchev–Trinajstić information content (AvgIpc) is 3.65. The van der Waals surface area contributed by atoms with E-state index < -0.39 is 23.7 Å². The van der Waals surface area contributed by atoms with Gasteiger partial charge in [-0.25, -0.2) is 0 Å². The fourth-order valence-electron chi connectivity index (χ4n) is 8.16. The van der Waals surface area contributed by atoms with Gasteiger partial charge in [0, 0.05) is 4.47 Å². The minimum atomic E-state index is -0.559. The first kappa shape index (κ1) is 35.6. The Bertz CT molecular complexity index is 2630. The highest BCUT2D eigenvalue weighted by atomic mass is 79.9. The molecular weight excluding hydrogens is 775 g/mol. The van der Waals surface area contributed by atoms with E-state index in [9.17, 15) is 0 Å². The lowest BCUT2D eigenvalue weighted by atomic mass is 9.66. The van der Waals surface area contributed by atoms with Gasteiger partial charge in [0.25, 0.3) is 0 Å². The van der Waals surface area contributed by atoms with Gasteiger partial charge in [-0.2, -0.15) is 0 Å². The molecule has 7 aromatic carbocycles. The fourth-order valence-corrected chi connectivity index (χ4v) is 8.50. The van der Waals surface area contributed by atoms with Gasteiger partial charge in [0.1, 0.15) is 0 Å². The van der Waals surface area contributed by atoms with Crippen molar-refractivity contribution in [3.8, 4) is 57.1 Å². The first-order valence-corrected chi connectivity index (χ1v) is 19.9. The fraction of sp³-hybridized carbons (Fsp3) is 0.143. The summed E-state index contributed by atoms with van der Waals surface area (Å²) in [6.45, 7) is 8.35. The average molecular weight is 814 g/mol.